The fraction of sp³-hybridized carbons (Fsp3) is 0. The van der Waals surface area contributed by atoms with Crippen molar-refractivity contribution >= 4 is 23.1 Å². The topological polar surface area (TPSA) is 0 Å². The number of rotatable bonds is 0. The normalized spacial score (nSPS) is 0. The second-order valence-electron chi connectivity index (χ2n) is 0. The van der Waals surface area contributed by atoms with Crippen LogP contribution in [0.25, 0.3) is 0 Å². The maximum atomic E-state index is 0. The summed E-state index contributed by atoms with van der Waals surface area (Å²) >= 11 is 0. The molecule has 0 radical (unpaired) electrons. The first-order valence-corrected chi connectivity index (χ1v) is 0. The van der Waals surface area contributed by atoms with Crippen LogP contribution in [0.5, 0.6) is 0 Å². The minimum Gasteiger partial charge on any atom is -1.00 e. The average molecular weight is 141 g/mol. The van der Waals surface area contributed by atoms with Crippen molar-refractivity contribution < 1.29 is 119 Å². The van der Waals surface area contributed by atoms with E-state index in [1.807, 2.05) is 0 Å². The van der Waals surface area contributed by atoms with Gasteiger partial charge in [-0.25, -0.2) is 0 Å². The first kappa shape index (κ1) is 23.9. The molecule has 4 heteroatoms. The van der Waals surface area contributed by atoms with E-state index in [0.717, 1.165) is 0 Å². The quantitative estimate of drug-likeness (QED) is 0.294. The monoisotopic (exact) mass is 140 g/mol. The van der Waals surface area contributed by atoms with Gasteiger partial charge in [0.25, 0.3) is 0 Å². The molecule has 0 aromatic rings. The van der Waals surface area contributed by atoms with Gasteiger partial charge < -0.3 is 16.7 Å². The van der Waals surface area contributed by atoms with Crippen LogP contribution in [0.1, 0.15) is 4.28 Å². The van der Waals surface area contributed by atoms with Gasteiger partial charge in [-0.3, -0.25) is 0 Å². The minimum absolute atomic E-state index is 0. The number of hydrogen-bond acceptors (Lipinski definition) is 0. The van der Waals surface area contributed by atoms with E-state index in [-0.39, 0.29) is 143 Å². The summed E-state index contributed by atoms with van der Waals surface area (Å²) in [6.45, 7) is 0. The van der Waals surface area contributed by atoms with Gasteiger partial charge in [0.2, 0.25) is 0 Å². The molecule has 0 rings (SSSR count). The number of halogens is 1. The van der Waals surface area contributed by atoms with Crippen LogP contribution in [0, 0.1) is 0 Å². The molecule has 4 heavy (non-hydrogen) atoms. The Morgan fingerprint density at radius 2 is 1.00 bits per heavy atom. The molecule has 14 valence electrons. The molecule has 0 aliphatic carbocycles. The molecular weight excluding hydrogens is 138 g/mol. The fourth-order valence-corrected chi connectivity index (χ4v) is 0. The molecule has 0 aromatic carbocycles. The molecule has 0 saturated carbocycles. The Labute approximate surface area is 138 Å². The third kappa shape index (κ3) is 9.59. The van der Waals surface area contributed by atoms with E-state index >= 15 is 0 Å². The van der Waals surface area contributed by atoms with Crippen LogP contribution in [0.2, 0.25) is 0 Å². The maximum absolute atomic E-state index is 0. The fourth-order valence-electron chi connectivity index (χ4n) is 0. The van der Waals surface area contributed by atoms with E-state index in [1.54, 1.807) is 0 Å². The zero-order valence-corrected chi connectivity index (χ0v) is 11.5. The van der Waals surface area contributed by atoms with Gasteiger partial charge in [0, 0.05) is 0 Å². The predicted octanol–water partition coefficient (Wildman–Crippen LogP) is -9.03. The molecular formula is H3ClK2Mg. The van der Waals surface area contributed by atoms with Gasteiger partial charge in [0.05, 0.1) is 0 Å². The van der Waals surface area contributed by atoms with Crippen molar-refractivity contribution in [3.8, 4) is 0 Å². The summed E-state index contributed by atoms with van der Waals surface area (Å²) in [7, 11) is 0. The van der Waals surface area contributed by atoms with Crippen molar-refractivity contribution in [1.29, 1.82) is 0 Å². The van der Waals surface area contributed by atoms with E-state index < -0.39 is 0 Å². The van der Waals surface area contributed by atoms with Crippen LogP contribution < -0.4 is 115 Å². The van der Waals surface area contributed by atoms with Crippen LogP contribution in [-0.4, -0.2) is 23.1 Å². The molecule has 0 aliphatic rings. The minimum atomic E-state index is 0. The summed E-state index contributed by atoms with van der Waals surface area (Å²) in [6.07, 6.45) is 0. The summed E-state index contributed by atoms with van der Waals surface area (Å²) in [5.74, 6) is 0. The molecule has 0 aliphatic heterocycles. The van der Waals surface area contributed by atoms with Crippen LogP contribution in [0.4, 0.5) is 0 Å². The van der Waals surface area contributed by atoms with Crippen molar-refractivity contribution in [3.63, 3.8) is 0 Å². The molecule has 0 nitrogen and oxygen atoms in total. The molecule has 0 spiro atoms. The van der Waals surface area contributed by atoms with E-state index in [1.165, 1.54) is 0 Å². The van der Waals surface area contributed by atoms with Crippen LogP contribution in [0.3, 0.4) is 0 Å². The van der Waals surface area contributed by atoms with E-state index in [9.17, 15) is 0 Å². The standard InChI is InChI=1S/ClH.2K.Mg.3H/h1H;;;;;;/q;2*+1;+2;3*-1/p-1. The molecule has 0 aromatic heterocycles. The van der Waals surface area contributed by atoms with Crippen molar-refractivity contribution in [1.82, 2.24) is 0 Å². The van der Waals surface area contributed by atoms with Gasteiger partial charge in [-0.15, -0.1) is 0 Å². The van der Waals surface area contributed by atoms with E-state index in [2.05, 4.69) is 0 Å². The largest absolute Gasteiger partial charge is 2.00 e. The van der Waals surface area contributed by atoms with E-state index in [0.29, 0.717) is 0 Å². The van der Waals surface area contributed by atoms with Gasteiger partial charge in [-0.2, -0.15) is 0 Å². The van der Waals surface area contributed by atoms with Crippen LogP contribution in [0.15, 0.2) is 0 Å². The Bertz CT molecular complexity index is 12.9. The Balaban J connectivity index is 0. The first-order chi connectivity index (χ1) is 0. The molecule has 0 fully saturated rings. The molecule has 0 atom stereocenters. The Hall–Kier alpha value is 4.33. The van der Waals surface area contributed by atoms with Crippen molar-refractivity contribution in [2.45, 2.75) is 0 Å². The first-order valence-electron chi connectivity index (χ1n) is 0. The van der Waals surface area contributed by atoms with Gasteiger partial charge >= 0.3 is 126 Å². The molecule has 0 heterocycles. The average Bonchev–Trinajstić information content (AvgIpc) is 0. The second-order valence-corrected chi connectivity index (χ2v) is 0. The molecule has 0 saturated heterocycles. The third-order valence-electron chi connectivity index (χ3n) is 0. The summed E-state index contributed by atoms with van der Waals surface area (Å²) in [5, 5.41) is 0. The van der Waals surface area contributed by atoms with Gasteiger partial charge in [-0.05, 0) is 0 Å². The van der Waals surface area contributed by atoms with Crippen molar-refractivity contribution in [3.05, 3.63) is 0 Å². The summed E-state index contributed by atoms with van der Waals surface area (Å²) in [4.78, 5) is 0. The summed E-state index contributed by atoms with van der Waals surface area (Å²) in [6, 6.07) is 0. The Kier molecular flexibility index (Phi) is 93.5. The zero-order chi connectivity index (χ0) is 0. The Morgan fingerprint density at radius 1 is 1.00 bits per heavy atom. The molecule has 0 N–H and O–H groups in total. The third-order valence-corrected chi connectivity index (χ3v) is 0. The maximum Gasteiger partial charge on any atom is 2.00 e. The summed E-state index contributed by atoms with van der Waals surface area (Å²) < 4.78 is 0. The smallest absolute Gasteiger partial charge is 1.00 e. The Morgan fingerprint density at radius 3 is 1.00 bits per heavy atom. The predicted molar refractivity (Wildman–Crippen MR) is 9.09 cm³/mol. The second kappa shape index (κ2) is 15.7. The molecule has 0 unspecified atom stereocenters. The molecule has 0 amide bonds. The number of hydrogen-bond donors (Lipinski definition) is 0. The van der Waals surface area contributed by atoms with Gasteiger partial charge in [0.1, 0.15) is 0 Å². The summed E-state index contributed by atoms with van der Waals surface area (Å²) in [5.41, 5.74) is 0. The van der Waals surface area contributed by atoms with Crippen molar-refractivity contribution in [2.24, 2.45) is 0 Å². The zero-order valence-electron chi connectivity index (χ0n) is 6.09. The van der Waals surface area contributed by atoms with Crippen molar-refractivity contribution in [2.75, 3.05) is 0 Å². The molecule has 0 bridgehead atoms. The van der Waals surface area contributed by atoms with Crippen LogP contribution in [-0.2, 0) is 0 Å². The SMILES string of the molecule is [Cl-].[H-].[H-].[H-].[K+].[K+].[Mg+2]. The van der Waals surface area contributed by atoms with Crippen LogP contribution >= 0.6 is 0 Å². The van der Waals surface area contributed by atoms with E-state index in [4.69, 9.17) is 0 Å². The van der Waals surface area contributed by atoms with Gasteiger partial charge in [0.15, 0.2) is 0 Å². The van der Waals surface area contributed by atoms with Gasteiger partial charge in [-0.1, -0.05) is 0 Å².